The van der Waals surface area contributed by atoms with E-state index in [0.717, 1.165) is 4.48 Å². The standard InChI is InChI=1S/C7H5BrO2/c8-5-1-2-6(9)7(3-5)4-10-7/h1-3H,4H2/t7-/m0/s1. The van der Waals surface area contributed by atoms with E-state index >= 15 is 0 Å². The van der Waals surface area contributed by atoms with Crippen molar-refractivity contribution < 1.29 is 9.53 Å². The van der Waals surface area contributed by atoms with Crippen LogP contribution in [0.4, 0.5) is 0 Å². The molecule has 2 rings (SSSR count). The number of carbonyl (C=O) groups excluding carboxylic acids is 1. The Labute approximate surface area is 66.7 Å². The smallest absolute Gasteiger partial charge is 0.193 e. The molecular formula is C7H5BrO2. The first kappa shape index (κ1) is 6.31. The summed E-state index contributed by atoms with van der Waals surface area (Å²) in [6.07, 6.45) is 5.07. The Morgan fingerprint density at radius 2 is 2.30 bits per heavy atom. The molecule has 1 heterocycles. The first-order valence-corrected chi connectivity index (χ1v) is 3.77. The van der Waals surface area contributed by atoms with Gasteiger partial charge in [-0.3, -0.25) is 4.79 Å². The third kappa shape index (κ3) is 0.777. The van der Waals surface area contributed by atoms with Crippen LogP contribution in [0.15, 0.2) is 22.7 Å². The van der Waals surface area contributed by atoms with Crippen LogP contribution in [0.3, 0.4) is 0 Å². The summed E-state index contributed by atoms with van der Waals surface area (Å²) in [5, 5.41) is 0. The average molecular weight is 201 g/mol. The van der Waals surface area contributed by atoms with Crippen LogP contribution in [0, 0.1) is 0 Å². The Morgan fingerprint density at radius 3 is 2.80 bits per heavy atom. The summed E-state index contributed by atoms with van der Waals surface area (Å²) in [6, 6.07) is 0. The number of hydrogen-bond donors (Lipinski definition) is 0. The highest BCUT2D eigenvalue weighted by Crippen LogP contribution is 2.35. The lowest BCUT2D eigenvalue weighted by molar-refractivity contribution is -0.118. The van der Waals surface area contributed by atoms with Crippen LogP contribution in [0.5, 0.6) is 0 Å². The highest BCUT2D eigenvalue weighted by Gasteiger charge is 2.49. The van der Waals surface area contributed by atoms with Crippen LogP contribution in [0.1, 0.15) is 0 Å². The minimum atomic E-state index is -0.576. The summed E-state index contributed by atoms with van der Waals surface area (Å²) < 4.78 is 5.93. The summed E-state index contributed by atoms with van der Waals surface area (Å²) in [7, 11) is 0. The molecule has 1 spiro atoms. The number of halogens is 1. The fourth-order valence-electron chi connectivity index (χ4n) is 0.942. The summed E-state index contributed by atoms with van der Waals surface area (Å²) in [4.78, 5) is 11.0. The summed E-state index contributed by atoms with van der Waals surface area (Å²) in [6.45, 7) is 0.533. The summed E-state index contributed by atoms with van der Waals surface area (Å²) in [5.74, 6) is 0.0516. The number of carbonyl (C=O) groups is 1. The second-order valence-electron chi connectivity index (χ2n) is 2.40. The second-order valence-corrected chi connectivity index (χ2v) is 3.32. The van der Waals surface area contributed by atoms with Crippen LogP contribution in [0.2, 0.25) is 0 Å². The normalized spacial score (nSPS) is 36.5. The van der Waals surface area contributed by atoms with E-state index in [4.69, 9.17) is 4.74 Å². The molecule has 10 heavy (non-hydrogen) atoms. The van der Waals surface area contributed by atoms with Gasteiger partial charge in [0, 0.05) is 4.48 Å². The predicted octanol–water partition coefficient (Wildman–Crippen LogP) is 1.17. The quantitative estimate of drug-likeness (QED) is 0.550. The van der Waals surface area contributed by atoms with Gasteiger partial charge in [-0.15, -0.1) is 0 Å². The third-order valence-corrected chi connectivity index (χ3v) is 2.13. The Balaban J connectivity index is 2.38. The van der Waals surface area contributed by atoms with E-state index in [2.05, 4.69) is 15.9 Å². The molecule has 52 valence electrons. The molecule has 0 aromatic rings. The third-order valence-electron chi connectivity index (χ3n) is 1.64. The van der Waals surface area contributed by atoms with Crippen LogP contribution in [-0.2, 0) is 9.53 Å². The fraction of sp³-hybridized carbons (Fsp3) is 0.286. The molecule has 0 saturated carbocycles. The number of hydrogen-bond acceptors (Lipinski definition) is 2. The van der Waals surface area contributed by atoms with Crippen LogP contribution >= 0.6 is 15.9 Å². The molecule has 1 atom stereocenters. The number of ether oxygens (including phenoxy) is 1. The van der Waals surface area contributed by atoms with Crippen molar-refractivity contribution in [3.63, 3.8) is 0 Å². The highest BCUT2D eigenvalue weighted by atomic mass is 79.9. The van der Waals surface area contributed by atoms with Gasteiger partial charge in [-0.2, -0.15) is 0 Å². The van der Waals surface area contributed by atoms with Crippen molar-refractivity contribution in [3.8, 4) is 0 Å². The molecule has 0 amide bonds. The lowest BCUT2D eigenvalue weighted by Gasteiger charge is -2.05. The van der Waals surface area contributed by atoms with E-state index in [1.165, 1.54) is 6.08 Å². The lowest BCUT2D eigenvalue weighted by Crippen LogP contribution is -2.21. The maximum absolute atomic E-state index is 11.0. The zero-order valence-corrected chi connectivity index (χ0v) is 6.72. The van der Waals surface area contributed by atoms with Crippen molar-refractivity contribution in [2.45, 2.75) is 5.60 Å². The number of epoxide rings is 1. The van der Waals surface area contributed by atoms with E-state index in [-0.39, 0.29) is 5.78 Å². The predicted molar refractivity (Wildman–Crippen MR) is 39.8 cm³/mol. The van der Waals surface area contributed by atoms with E-state index in [1.54, 1.807) is 12.2 Å². The minimum Gasteiger partial charge on any atom is -0.356 e. The maximum Gasteiger partial charge on any atom is 0.193 e. The first-order valence-electron chi connectivity index (χ1n) is 2.98. The van der Waals surface area contributed by atoms with Crippen LogP contribution in [-0.4, -0.2) is 18.0 Å². The van der Waals surface area contributed by atoms with Crippen molar-refractivity contribution in [1.82, 2.24) is 0 Å². The molecule has 1 aliphatic heterocycles. The molecule has 0 radical (unpaired) electrons. The Morgan fingerprint density at radius 1 is 1.60 bits per heavy atom. The van der Waals surface area contributed by atoms with Gasteiger partial charge in [0.05, 0.1) is 6.61 Å². The fourth-order valence-corrected chi connectivity index (χ4v) is 1.44. The van der Waals surface area contributed by atoms with Gasteiger partial charge in [0.1, 0.15) is 0 Å². The molecule has 1 fully saturated rings. The molecule has 2 nitrogen and oxygen atoms in total. The number of allylic oxidation sites excluding steroid dienone is 2. The molecule has 2 aliphatic rings. The molecule has 1 saturated heterocycles. The van der Waals surface area contributed by atoms with Gasteiger partial charge < -0.3 is 4.74 Å². The van der Waals surface area contributed by atoms with E-state index in [1.807, 2.05) is 0 Å². The van der Waals surface area contributed by atoms with Gasteiger partial charge in [-0.1, -0.05) is 15.9 Å². The summed E-state index contributed by atoms with van der Waals surface area (Å²) >= 11 is 3.27. The zero-order chi connectivity index (χ0) is 7.19. The maximum atomic E-state index is 11.0. The van der Waals surface area contributed by atoms with E-state index < -0.39 is 5.60 Å². The molecule has 0 unspecified atom stereocenters. The van der Waals surface area contributed by atoms with Gasteiger partial charge in [0.25, 0.3) is 0 Å². The van der Waals surface area contributed by atoms with Gasteiger partial charge in [0.2, 0.25) is 0 Å². The average Bonchev–Trinajstić information content (AvgIpc) is 2.62. The molecule has 0 bridgehead atoms. The van der Waals surface area contributed by atoms with Gasteiger partial charge in [0.15, 0.2) is 11.4 Å². The second kappa shape index (κ2) is 1.80. The number of rotatable bonds is 0. The molecule has 1 aliphatic carbocycles. The van der Waals surface area contributed by atoms with Gasteiger partial charge >= 0.3 is 0 Å². The van der Waals surface area contributed by atoms with Crippen molar-refractivity contribution >= 4 is 21.7 Å². The Hall–Kier alpha value is -0.410. The largest absolute Gasteiger partial charge is 0.356 e. The monoisotopic (exact) mass is 200 g/mol. The molecule has 0 aromatic carbocycles. The van der Waals surface area contributed by atoms with Crippen molar-refractivity contribution in [3.05, 3.63) is 22.7 Å². The van der Waals surface area contributed by atoms with Crippen LogP contribution < -0.4 is 0 Å². The van der Waals surface area contributed by atoms with Crippen molar-refractivity contribution in [2.24, 2.45) is 0 Å². The Bertz CT molecular complexity index is 248. The van der Waals surface area contributed by atoms with Gasteiger partial charge in [-0.25, -0.2) is 0 Å². The summed E-state index contributed by atoms with van der Waals surface area (Å²) in [5.41, 5.74) is -0.576. The zero-order valence-electron chi connectivity index (χ0n) is 5.13. The first-order chi connectivity index (χ1) is 4.73. The molecular weight excluding hydrogens is 196 g/mol. The molecule has 3 heteroatoms. The van der Waals surface area contributed by atoms with E-state index in [9.17, 15) is 4.79 Å². The molecule has 0 aromatic heterocycles. The minimum absolute atomic E-state index is 0.0516. The number of ketones is 1. The SMILES string of the molecule is O=C1C=CC(Br)=C[C@]12CO2. The lowest BCUT2D eigenvalue weighted by atomic mass is 10.0. The van der Waals surface area contributed by atoms with Gasteiger partial charge in [-0.05, 0) is 18.2 Å². The Kier molecular flexibility index (Phi) is 1.13. The highest BCUT2D eigenvalue weighted by molar-refractivity contribution is 9.11. The molecule has 0 N–H and O–H groups in total. The topological polar surface area (TPSA) is 29.6 Å². The van der Waals surface area contributed by atoms with Crippen molar-refractivity contribution in [1.29, 1.82) is 0 Å². The van der Waals surface area contributed by atoms with Crippen LogP contribution in [0.25, 0.3) is 0 Å². The van der Waals surface area contributed by atoms with Crippen molar-refractivity contribution in [2.75, 3.05) is 6.61 Å². The van der Waals surface area contributed by atoms with E-state index in [0.29, 0.717) is 6.61 Å².